The lowest BCUT2D eigenvalue weighted by Gasteiger charge is -2.12. The first kappa shape index (κ1) is 17.9. The van der Waals surface area contributed by atoms with Crippen molar-refractivity contribution >= 4 is 34.8 Å². The molecule has 0 unspecified atom stereocenters. The second kappa shape index (κ2) is 7.00. The van der Waals surface area contributed by atoms with Crippen LogP contribution in [0, 0.1) is 0 Å². The molecule has 0 bridgehead atoms. The number of nitrogens with zero attached hydrogens (tertiary/aromatic N) is 5. The van der Waals surface area contributed by atoms with Gasteiger partial charge in [0, 0.05) is 44.1 Å². The normalized spacial score (nSPS) is 19.8. The van der Waals surface area contributed by atoms with Gasteiger partial charge in [0.15, 0.2) is 0 Å². The molecule has 6 nitrogen and oxygen atoms in total. The molecule has 1 N–H and O–H groups in total. The van der Waals surface area contributed by atoms with Crippen LogP contribution in [0.1, 0.15) is 24.1 Å². The van der Waals surface area contributed by atoms with Crippen LogP contribution in [0.3, 0.4) is 0 Å². The van der Waals surface area contributed by atoms with Crippen LogP contribution in [0.25, 0.3) is 11.1 Å². The maximum Gasteiger partial charge on any atom is 0.138 e. The van der Waals surface area contributed by atoms with E-state index in [1.54, 1.807) is 10.8 Å². The highest BCUT2D eigenvalue weighted by Gasteiger charge is 2.18. The van der Waals surface area contributed by atoms with Gasteiger partial charge >= 0.3 is 0 Å². The van der Waals surface area contributed by atoms with E-state index in [4.69, 9.17) is 16.6 Å². The predicted octanol–water partition coefficient (Wildman–Crippen LogP) is 2.83. The van der Waals surface area contributed by atoms with Crippen molar-refractivity contribution in [3.63, 3.8) is 0 Å². The lowest BCUT2D eigenvalue weighted by molar-refractivity contribution is 0.657. The molecule has 29 heavy (non-hydrogen) atoms. The topological polar surface area (TPSA) is 63.8 Å². The fourth-order valence-corrected chi connectivity index (χ4v) is 3.99. The van der Waals surface area contributed by atoms with Crippen molar-refractivity contribution in [3.8, 4) is 0 Å². The first-order valence-corrected chi connectivity index (χ1v) is 9.66. The van der Waals surface area contributed by atoms with E-state index in [1.807, 2.05) is 44.1 Å². The molecule has 1 aliphatic carbocycles. The SMILES string of the molecule is Cn1ccc(Cn2cnc(=C3C=CC(F)=C(Cl)C3)c2=C2CC=Nc3[nH]ccc32)n1. The molecule has 8 heteroatoms. The van der Waals surface area contributed by atoms with Gasteiger partial charge in [-0.3, -0.25) is 4.68 Å². The lowest BCUT2D eigenvalue weighted by atomic mass is 10.0. The number of hydrogen-bond donors (Lipinski definition) is 1. The largest absolute Gasteiger partial charge is 0.346 e. The van der Waals surface area contributed by atoms with Crippen LogP contribution < -0.4 is 10.7 Å². The van der Waals surface area contributed by atoms with E-state index in [2.05, 4.69) is 19.6 Å². The number of aliphatic imine (C=N–C) groups is 1. The Labute approximate surface area is 171 Å². The fraction of sp³-hybridized carbons (Fsp3) is 0.190. The summed E-state index contributed by atoms with van der Waals surface area (Å²) in [6.07, 6.45) is 11.7. The van der Waals surface area contributed by atoms with Crippen molar-refractivity contribution in [2.75, 3.05) is 0 Å². The van der Waals surface area contributed by atoms with Crippen molar-refractivity contribution < 1.29 is 4.39 Å². The quantitative estimate of drug-likeness (QED) is 0.708. The molecular formula is C21H18ClFN6. The Morgan fingerprint density at radius 1 is 1.28 bits per heavy atom. The Morgan fingerprint density at radius 2 is 2.17 bits per heavy atom. The van der Waals surface area contributed by atoms with Crippen molar-refractivity contribution in [2.45, 2.75) is 19.4 Å². The number of allylic oxidation sites excluding steroid dienone is 4. The van der Waals surface area contributed by atoms with Crippen LogP contribution in [0.4, 0.5) is 10.2 Å². The summed E-state index contributed by atoms with van der Waals surface area (Å²) in [6.45, 7) is 0.582. The molecule has 0 amide bonds. The third kappa shape index (κ3) is 3.17. The molecule has 0 radical (unpaired) electrons. The molecule has 0 fully saturated rings. The number of fused-ring (bicyclic) bond motifs is 1. The summed E-state index contributed by atoms with van der Waals surface area (Å²) in [5.41, 5.74) is 3.99. The predicted molar refractivity (Wildman–Crippen MR) is 111 cm³/mol. The Kier molecular flexibility index (Phi) is 4.32. The highest BCUT2D eigenvalue weighted by molar-refractivity contribution is 6.30. The number of nitrogens with one attached hydrogen (secondary N) is 1. The molecule has 0 spiro atoms. The number of imidazole rings is 1. The van der Waals surface area contributed by atoms with E-state index in [1.165, 1.54) is 6.08 Å². The minimum absolute atomic E-state index is 0.199. The van der Waals surface area contributed by atoms with Crippen molar-refractivity contribution in [1.29, 1.82) is 0 Å². The number of aromatic amines is 1. The van der Waals surface area contributed by atoms with Crippen LogP contribution >= 0.6 is 11.6 Å². The third-order valence-corrected chi connectivity index (χ3v) is 5.44. The lowest BCUT2D eigenvalue weighted by Crippen LogP contribution is -2.35. The van der Waals surface area contributed by atoms with Crippen LogP contribution in [0.15, 0.2) is 58.9 Å². The summed E-state index contributed by atoms with van der Waals surface area (Å²) in [5.74, 6) is 0.436. The second-order valence-corrected chi connectivity index (χ2v) is 7.53. The molecule has 146 valence electrons. The average molecular weight is 409 g/mol. The third-order valence-electron chi connectivity index (χ3n) is 5.13. The molecular weight excluding hydrogens is 391 g/mol. The second-order valence-electron chi connectivity index (χ2n) is 7.07. The van der Waals surface area contributed by atoms with Gasteiger partial charge in [0.2, 0.25) is 0 Å². The number of rotatable bonds is 2. The number of aryl methyl sites for hydroxylation is 1. The fourth-order valence-electron chi connectivity index (χ4n) is 3.79. The highest BCUT2D eigenvalue weighted by Crippen LogP contribution is 2.29. The van der Waals surface area contributed by atoms with E-state index < -0.39 is 5.83 Å². The van der Waals surface area contributed by atoms with Gasteiger partial charge in [-0.05, 0) is 29.4 Å². The number of hydrogen-bond acceptors (Lipinski definition) is 3. The maximum atomic E-state index is 13.8. The van der Waals surface area contributed by atoms with E-state index >= 15 is 0 Å². The van der Waals surface area contributed by atoms with Gasteiger partial charge < -0.3 is 9.55 Å². The number of aromatic nitrogens is 5. The van der Waals surface area contributed by atoms with Gasteiger partial charge in [-0.15, -0.1) is 0 Å². The van der Waals surface area contributed by atoms with E-state index in [0.29, 0.717) is 19.4 Å². The van der Waals surface area contributed by atoms with Crippen LogP contribution in [-0.4, -0.2) is 30.5 Å². The summed E-state index contributed by atoms with van der Waals surface area (Å²) in [5, 5.41) is 6.48. The van der Waals surface area contributed by atoms with Crippen molar-refractivity contribution in [3.05, 3.63) is 75.8 Å². The zero-order valence-corrected chi connectivity index (χ0v) is 16.5. The Hall–Kier alpha value is -3.19. The van der Waals surface area contributed by atoms with Crippen LogP contribution in [0.5, 0.6) is 0 Å². The first-order chi connectivity index (χ1) is 14.1. The van der Waals surface area contributed by atoms with Gasteiger partial charge in [-0.25, -0.2) is 14.4 Å². The summed E-state index contributed by atoms with van der Waals surface area (Å²) in [6, 6.07) is 4.01. The monoisotopic (exact) mass is 408 g/mol. The molecule has 1 aliphatic heterocycles. The Morgan fingerprint density at radius 3 is 2.97 bits per heavy atom. The summed E-state index contributed by atoms with van der Waals surface area (Å²) >= 11 is 6.11. The van der Waals surface area contributed by atoms with Gasteiger partial charge in [0.25, 0.3) is 0 Å². The minimum Gasteiger partial charge on any atom is -0.346 e. The number of halogens is 2. The van der Waals surface area contributed by atoms with Gasteiger partial charge in [-0.1, -0.05) is 17.7 Å². The average Bonchev–Trinajstić information content (AvgIpc) is 3.44. The van der Waals surface area contributed by atoms with Gasteiger partial charge in [0.1, 0.15) is 11.6 Å². The summed E-state index contributed by atoms with van der Waals surface area (Å²) < 4.78 is 17.6. The zero-order chi connectivity index (χ0) is 20.0. The maximum absolute atomic E-state index is 13.8. The molecule has 5 rings (SSSR count). The van der Waals surface area contributed by atoms with E-state index in [9.17, 15) is 4.39 Å². The Bertz CT molecular complexity index is 1320. The van der Waals surface area contributed by atoms with Gasteiger partial charge in [-0.2, -0.15) is 5.10 Å². The summed E-state index contributed by atoms with van der Waals surface area (Å²) in [7, 11) is 1.90. The molecule has 0 saturated heterocycles. The molecule has 2 aliphatic rings. The van der Waals surface area contributed by atoms with Crippen LogP contribution in [0.2, 0.25) is 0 Å². The van der Waals surface area contributed by atoms with Crippen molar-refractivity contribution in [2.24, 2.45) is 12.0 Å². The highest BCUT2D eigenvalue weighted by atomic mass is 35.5. The smallest absolute Gasteiger partial charge is 0.138 e. The standard InChI is InChI=1S/C21H18ClFN6/c1-28-9-6-14(27-28)11-29-12-26-19(13-2-3-18(23)17(22)10-13)20(29)15-4-7-24-21-16(15)5-8-25-21/h2-3,5-9,12,25H,4,10-11H2,1H3. The molecule has 0 atom stereocenters. The first-order valence-electron chi connectivity index (χ1n) is 9.28. The molecule has 4 heterocycles. The molecule has 0 saturated carbocycles. The molecule has 3 aromatic heterocycles. The minimum atomic E-state index is -0.393. The van der Waals surface area contributed by atoms with Gasteiger partial charge in [0.05, 0.1) is 34.3 Å². The zero-order valence-electron chi connectivity index (χ0n) is 15.7. The summed E-state index contributed by atoms with van der Waals surface area (Å²) in [4.78, 5) is 12.3. The number of H-pyrrole nitrogens is 1. The van der Waals surface area contributed by atoms with E-state index in [-0.39, 0.29) is 5.03 Å². The van der Waals surface area contributed by atoms with Crippen molar-refractivity contribution in [1.82, 2.24) is 24.3 Å². The van der Waals surface area contributed by atoms with Crippen LogP contribution in [-0.2, 0) is 13.6 Å². The molecule has 0 aromatic carbocycles. The van der Waals surface area contributed by atoms with E-state index in [0.717, 1.165) is 38.9 Å². The Balaban J connectivity index is 1.78. The molecule has 3 aromatic rings.